The molecule has 1 saturated heterocycles. The number of furan rings is 1. The molecule has 3 rings (SSSR count). The molecule has 23 heavy (non-hydrogen) atoms. The van der Waals surface area contributed by atoms with Gasteiger partial charge in [0.2, 0.25) is 11.8 Å². The van der Waals surface area contributed by atoms with Crippen molar-refractivity contribution in [1.82, 2.24) is 4.90 Å². The van der Waals surface area contributed by atoms with Gasteiger partial charge in [-0.1, -0.05) is 18.2 Å². The molecule has 1 aliphatic heterocycles. The Hall–Kier alpha value is -2.56. The van der Waals surface area contributed by atoms with Crippen LogP contribution in [0.25, 0.3) is 0 Å². The molecule has 1 N–H and O–H groups in total. The molecule has 2 amide bonds. The second kappa shape index (κ2) is 6.28. The Morgan fingerprint density at radius 1 is 1.26 bits per heavy atom. The number of para-hydroxylation sites is 1. The summed E-state index contributed by atoms with van der Waals surface area (Å²) in [4.78, 5) is 26.3. The Labute approximate surface area is 135 Å². The highest BCUT2D eigenvalue weighted by atomic mass is 16.3. The average molecular weight is 312 g/mol. The van der Waals surface area contributed by atoms with Crippen molar-refractivity contribution in [2.75, 3.05) is 11.9 Å². The lowest BCUT2D eigenvalue weighted by molar-refractivity contribution is -0.128. The van der Waals surface area contributed by atoms with Crippen molar-refractivity contribution in [3.63, 3.8) is 0 Å². The third-order valence-corrected chi connectivity index (χ3v) is 4.24. The average Bonchev–Trinajstić information content (AvgIpc) is 3.14. The summed E-state index contributed by atoms with van der Waals surface area (Å²) in [6, 6.07) is 9.51. The zero-order valence-electron chi connectivity index (χ0n) is 13.3. The molecule has 0 saturated carbocycles. The number of aryl methyl sites for hydroxylation is 2. The number of benzene rings is 1. The first-order valence-electron chi connectivity index (χ1n) is 7.72. The van der Waals surface area contributed by atoms with Gasteiger partial charge in [0.1, 0.15) is 5.76 Å². The zero-order chi connectivity index (χ0) is 16.4. The SMILES string of the molecule is Cc1cccc(C)c1NC(=O)C1CC(=O)N(Cc2ccco2)C1. The third kappa shape index (κ3) is 3.28. The van der Waals surface area contributed by atoms with Crippen molar-refractivity contribution in [2.24, 2.45) is 5.92 Å². The second-order valence-electron chi connectivity index (χ2n) is 6.01. The van der Waals surface area contributed by atoms with Crippen molar-refractivity contribution >= 4 is 17.5 Å². The van der Waals surface area contributed by atoms with Crippen LogP contribution >= 0.6 is 0 Å². The lowest BCUT2D eigenvalue weighted by Crippen LogP contribution is -2.28. The highest BCUT2D eigenvalue weighted by Crippen LogP contribution is 2.24. The number of likely N-dealkylation sites (tertiary alicyclic amines) is 1. The summed E-state index contributed by atoms with van der Waals surface area (Å²) in [5.41, 5.74) is 2.89. The summed E-state index contributed by atoms with van der Waals surface area (Å²) < 4.78 is 5.27. The van der Waals surface area contributed by atoms with E-state index in [0.29, 0.717) is 13.1 Å². The first-order valence-corrected chi connectivity index (χ1v) is 7.72. The lowest BCUT2D eigenvalue weighted by atomic mass is 10.1. The van der Waals surface area contributed by atoms with Crippen LogP contribution in [0.2, 0.25) is 0 Å². The van der Waals surface area contributed by atoms with Crippen molar-refractivity contribution in [2.45, 2.75) is 26.8 Å². The Morgan fingerprint density at radius 2 is 2.00 bits per heavy atom. The van der Waals surface area contributed by atoms with Crippen molar-refractivity contribution in [3.8, 4) is 0 Å². The molecule has 5 heteroatoms. The first-order chi connectivity index (χ1) is 11.0. The topological polar surface area (TPSA) is 62.6 Å². The van der Waals surface area contributed by atoms with E-state index in [1.807, 2.05) is 38.1 Å². The van der Waals surface area contributed by atoms with Gasteiger partial charge in [0, 0.05) is 18.7 Å². The van der Waals surface area contributed by atoms with Crippen LogP contribution in [0.3, 0.4) is 0 Å². The third-order valence-electron chi connectivity index (χ3n) is 4.24. The number of rotatable bonds is 4. The van der Waals surface area contributed by atoms with Crippen LogP contribution in [-0.4, -0.2) is 23.3 Å². The minimum absolute atomic E-state index is 0.0111. The Morgan fingerprint density at radius 3 is 2.65 bits per heavy atom. The highest BCUT2D eigenvalue weighted by Gasteiger charge is 2.34. The Kier molecular flexibility index (Phi) is 4.19. The van der Waals surface area contributed by atoms with E-state index in [-0.39, 0.29) is 24.2 Å². The van der Waals surface area contributed by atoms with E-state index in [0.717, 1.165) is 22.6 Å². The smallest absolute Gasteiger partial charge is 0.229 e. The molecule has 1 fully saturated rings. The van der Waals surface area contributed by atoms with Gasteiger partial charge in [0.25, 0.3) is 0 Å². The van der Waals surface area contributed by atoms with Gasteiger partial charge in [0.05, 0.1) is 18.7 Å². The summed E-state index contributed by atoms with van der Waals surface area (Å²) in [7, 11) is 0. The first kappa shape index (κ1) is 15.3. The molecular weight excluding hydrogens is 292 g/mol. The maximum atomic E-state index is 12.5. The summed E-state index contributed by atoms with van der Waals surface area (Å²) in [5.74, 6) is 0.298. The summed E-state index contributed by atoms with van der Waals surface area (Å²) in [6.45, 7) is 4.77. The molecule has 1 atom stereocenters. The van der Waals surface area contributed by atoms with E-state index in [2.05, 4.69) is 5.32 Å². The molecule has 1 unspecified atom stereocenters. The molecule has 0 spiro atoms. The van der Waals surface area contributed by atoms with Gasteiger partial charge in [-0.25, -0.2) is 0 Å². The summed E-state index contributed by atoms with van der Waals surface area (Å²) >= 11 is 0. The zero-order valence-corrected chi connectivity index (χ0v) is 13.3. The number of carbonyl (C=O) groups excluding carboxylic acids is 2. The number of nitrogens with zero attached hydrogens (tertiary/aromatic N) is 1. The number of hydrogen-bond acceptors (Lipinski definition) is 3. The summed E-state index contributed by atoms with van der Waals surface area (Å²) in [6.07, 6.45) is 1.83. The van der Waals surface area contributed by atoms with Gasteiger partial charge < -0.3 is 14.6 Å². The number of hydrogen-bond donors (Lipinski definition) is 1. The number of nitrogens with one attached hydrogen (secondary N) is 1. The maximum Gasteiger partial charge on any atom is 0.229 e. The minimum Gasteiger partial charge on any atom is -0.467 e. The standard InChI is InChI=1S/C18H20N2O3/c1-12-5-3-6-13(2)17(12)19-18(22)14-9-16(21)20(10-14)11-15-7-4-8-23-15/h3-8,14H,9-11H2,1-2H3,(H,19,22). The molecule has 5 nitrogen and oxygen atoms in total. The lowest BCUT2D eigenvalue weighted by Gasteiger charge is -2.16. The van der Waals surface area contributed by atoms with Gasteiger partial charge in [-0.05, 0) is 37.1 Å². The van der Waals surface area contributed by atoms with Crippen LogP contribution in [0.1, 0.15) is 23.3 Å². The van der Waals surface area contributed by atoms with Crippen LogP contribution in [0, 0.1) is 19.8 Å². The van der Waals surface area contributed by atoms with Crippen molar-refractivity contribution in [1.29, 1.82) is 0 Å². The monoisotopic (exact) mass is 312 g/mol. The number of anilines is 1. The van der Waals surface area contributed by atoms with Crippen LogP contribution < -0.4 is 5.32 Å². The largest absolute Gasteiger partial charge is 0.467 e. The predicted octanol–water partition coefficient (Wildman–Crippen LogP) is 2.88. The fourth-order valence-electron chi connectivity index (χ4n) is 2.93. The summed E-state index contributed by atoms with van der Waals surface area (Å²) in [5, 5.41) is 2.98. The normalized spacial score (nSPS) is 17.6. The number of amides is 2. The maximum absolute atomic E-state index is 12.5. The van der Waals surface area contributed by atoms with Crippen LogP contribution in [0.5, 0.6) is 0 Å². The van der Waals surface area contributed by atoms with E-state index in [1.54, 1.807) is 17.2 Å². The van der Waals surface area contributed by atoms with Gasteiger partial charge in [-0.15, -0.1) is 0 Å². The van der Waals surface area contributed by atoms with Gasteiger partial charge >= 0.3 is 0 Å². The van der Waals surface area contributed by atoms with E-state index in [4.69, 9.17) is 4.42 Å². The van der Waals surface area contributed by atoms with E-state index < -0.39 is 0 Å². The van der Waals surface area contributed by atoms with Crippen molar-refractivity contribution < 1.29 is 14.0 Å². The molecular formula is C18H20N2O3. The van der Waals surface area contributed by atoms with Gasteiger partial charge in [-0.2, -0.15) is 0 Å². The predicted molar refractivity (Wildman–Crippen MR) is 86.8 cm³/mol. The Balaban J connectivity index is 1.66. The molecule has 0 bridgehead atoms. The minimum atomic E-state index is -0.323. The molecule has 1 aliphatic rings. The van der Waals surface area contributed by atoms with E-state index in [9.17, 15) is 9.59 Å². The highest BCUT2D eigenvalue weighted by molar-refractivity contribution is 5.98. The van der Waals surface area contributed by atoms with E-state index in [1.165, 1.54) is 0 Å². The fraction of sp³-hybridized carbons (Fsp3) is 0.333. The van der Waals surface area contributed by atoms with Crippen LogP contribution in [0.4, 0.5) is 5.69 Å². The molecule has 2 aromatic rings. The molecule has 2 heterocycles. The number of carbonyl (C=O) groups is 2. The molecule has 120 valence electrons. The fourth-order valence-corrected chi connectivity index (χ4v) is 2.93. The van der Waals surface area contributed by atoms with Gasteiger partial charge in [0.15, 0.2) is 0 Å². The molecule has 1 aromatic carbocycles. The molecule has 0 radical (unpaired) electrons. The molecule has 0 aliphatic carbocycles. The van der Waals surface area contributed by atoms with Crippen LogP contribution in [0.15, 0.2) is 41.0 Å². The quantitative estimate of drug-likeness (QED) is 0.944. The van der Waals surface area contributed by atoms with E-state index >= 15 is 0 Å². The molecule has 1 aromatic heterocycles. The van der Waals surface area contributed by atoms with Gasteiger partial charge in [-0.3, -0.25) is 9.59 Å². The van der Waals surface area contributed by atoms with Crippen molar-refractivity contribution in [3.05, 3.63) is 53.5 Å². The Bertz CT molecular complexity index is 702. The van der Waals surface area contributed by atoms with Crippen LogP contribution in [-0.2, 0) is 16.1 Å². The second-order valence-corrected chi connectivity index (χ2v) is 6.01.